The number of aromatic nitrogens is 5. The maximum atomic E-state index is 14.8. The van der Waals surface area contributed by atoms with Gasteiger partial charge in [0.1, 0.15) is 11.9 Å². The molecule has 2 unspecified atom stereocenters. The number of rotatable bonds is 3. The molecule has 2 fully saturated rings. The fourth-order valence-electron chi connectivity index (χ4n) is 4.39. The van der Waals surface area contributed by atoms with Crippen LogP contribution in [0.4, 0.5) is 10.2 Å². The molecule has 150 valence electrons. The van der Waals surface area contributed by atoms with Crippen molar-refractivity contribution in [2.24, 2.45) is 0 Å². The quantitative estimate of drug-likeness (QED) is 0.696. The summed E-state index contributed by atoms with van der Waals surface area (Å²) in [6.45, 7) is 1.85. The highest BCUT2D eigenvalue weighted by Gasteiger charge is 2.43. The Morgan fingerprint density at radius 1 is 1.14 bits per heavy atom. The molecule has 3 aromatic rings. The molecular formula is C20H22FN7O. The first kappa shape index (κ1) is 18.1. The summed E-state index contributed by atoms with van der Waals surface area (Å²) in [5.74, 6) is 0.808. The third-order valence-corrected chi connectivity index (χ3v) is 5.98. The molecule has 4 heterocycles. The molecule has 2 aromatic heterocycles. The van der Waals surface area contributed by atoms with Gasteiger partial charge < -0.3 is 15.3 Å². The molecule has 8 nitrogen and oxygen atoms in total. The second-order valence-corrected chi connectivity index (χ2v) is 7.92. The number of nitrogens with one attached hydrogen (secondary N) is 1. The Morgan fingerprint density at radius 3 is 2.79 bits per heavy atom. The smallest absolute Gasteiger partial charge is 0.185 e. The highest BCUT2D eigenvalue weighted by Crippen LogP contribution is 2.34. The number of fused-ring (bicyclic) bond motifs is 3. The highest BCUT2D eigenvalue weighted by molar-refractivity contribution is 5.83. The number of anilines is 1. The molecule has 0 aliphatic carbocycles. The van der Waals surface area contributed by atoms with Crippen LogP contribution in [-0.4, -0.2) is 61.6 Å². The van der Waals surface area contributed by atoms with Gasteiger partial charge in [-0.15, -0.1) is 10.2 Å². The number of benzene rings is 1. The van der Waals surface area contributed by atoms with Crippen molar-refractivity contribution in [1.29, 1.82) is 0 Å². The summed E-state index contributed by atoms with van der Waals surface area (Å²) < 4.78 is 14.8. The first-order chi connectivity index (χ1) is 14.0. The lowest BCUT2D eigenvalue weighted by Crippen LogP contribution is -2.55. The molecule has 2 aliphatic rings. The zero-order valence-electron chi connectivity index (χ0n) is 16.2. The lowest BCUT2D eigenvalue weighted by atomic mass is 9.96. The minimum Gasteiger partial charge on any atom is -0.507 e. The lowest BCUT2D eigenvalue weighted by Gasteiger charge is -2.38. The van der Waals surface area contributed by atoms with Gasteiger partial charge >= 0.3 is 0 Å². The fraction of sp³-hybridized carbons (Fsp3) is 0.450. The van der Waals surface area contributed by atoms with Crippen molar-refractivity contribution >= 4 is 16.9 Å². The third kappa shape index (κ3) is 3.15. The number of halogens is 1. The molecule has 2 saturated heterocycles. The molecule has 2 aliphatic heterocycles. The number of hydrogen-bond donors (Lipinski definition) is 2. The summed E-state index contributed by atoms with van der Waals surface area (Å²) in [5, 5.41) is 22.1. The van der Waals surface area contributed by atoms with Crippen molar-refractivity contribution in [3.8, 4) is 17.1 Å². The Kier molecular flexibility index (Phi) is 4.27. The van der Waals surface area contributed by atoms with E-state index in [-0.39, 0.29) is 23.7 Å². The van der Waals surface area contributed by atoms with E-state index in [1.165, 1.54) is 0 Å². The van der Waals surface area contributed by atoms with E-state index in [4.69, 9.17) is 0 Å². The zero-order chi connectivity index (χ0) is 20.1. The number of hydrogen-bond acceptors (Lipinski definition) is 8. The summed E-state index contributed by atoms with van der Waals surface area (Å²) >= 11 is 0. The molecule has 0 saturated carbocycles. The van der Waals surface area contributed by atoms with Crippen LogP contribution in [0.25, 0.3) is 22.4 Å². The summed E-state index contributed by atoms with van der Waals surface area (Å²) in [7, 11) is 1.83. The van der Waals surface area contributed by atoms with E-state index in [1.54, 1.807) is 24.5 Å². The van der Waals surface area contributed by atoms with Crippen molar-refractivity contribution in [3.05, 3.63) is 30.2 Å². The number of phenolic OH excluding ortho intramolecular Hbond substituents is 1. The molecule has 5 rings (SSSR count). The van der Waals surface area contributed by atoms with Gasteiger partial charge in [-0.1, -0.05) is 0 Å². The first-order valence-corrected chi connectivity index (χ1v) is 9.79. The number of nitrogens with zero attached hydrogens (tertiary/aromatic N) is 6. The van der Waals surface area contributed by atoms with Crippen LogP contribution in [0.3, 0.4) is 0 Å². The van der Waals surface area contributed by atoms with Gasteiger partial charge in [0.25, 0.3) is 0 Å². The van der Waals surface area contributed by atoms with E-state index in [0.717, 1.165) is 25.0 Å². The van der Waals surface area contributed by atoms with Crippen LogP contribution in [-0.2, 0) is 0 Å². The normalized spacial score (nSPS) is 26.0. The Labute approximate surface area is 167 Å². The van der Waals surface area contributed by atoms with Gasteiger partial charge in [0, 0.05) is 31.4 Å². The number of phenols is 1. The van der Waals surface area contributed by atoms with Crippen LogP contribution in [0.1, 0.15) is 25.0 Å². The van der Waals surface area contributed by atoms with Crippen LogP contribution < -0.4 is 10.2 Å². The van der Waals surface area contributed by atoms with Crippen molar-refractivity contribution in [2.45, 2.75) is 50.5 Å². The van der Waals surface area contributed by atoms with E-state index in [1.807, 2.05) is 18.9 Å². The van der Waals surface area contributed by atoms with Crippen molar-refractivity contribution in [3.63, 3.8) is 0 Å². The van der Waals surface area contributed by atoms with E-state index in [0.29, 0.717) is 28.5 Å². The van der Waals surface area contributed by atoms with Gasteiger partial charge in [-0.3, -0.25) is 4.98 Å². The van der Waals surface area contributed by atoms with Gasteiger partial charge in [0.2, 0.25) is 0 Å². The first-order valence-electron chi connectivity index (χ1n) is 9.79. The van der Waals surface area contributed by atoms with Crippen LogP contribution >= 0.6 is 0 Å². The van der Waals surface area contributed by atoms with Crippen LogP contribution in [0, 0.1) is 6.92 Å². The van der Waals surface area contributed by atoms with Gasteiger partial charge in [-0.05, 0) is 32.3 Å². The maximum absolute atomic E-state index is 14.8. The predicted octanol–water partition coefficient (Wildman–Crippen LogP) is 2.16. The summed E-state index contributed by atoms with van der Waals surface area (Å²) in [6, 6.07) is 3.27. The lowest BCUT2D eigenvalue weighted by molar-refractivity contribution is 0.176. The summed E-state index contributed by atoms with van der Waals surface area (Å²) in [6.07, 6.45) is 4.90. The maximum Gasteiger partial charge on any atom is 0.185 e. The van der Waals surface area contributed by atoms with E-state index < -0.39 is 6.17 Å². The second kappa shape index (κ2) is 6.84. The van der Waals surface area contributed by atoms with Crippen molar-refractivity contribution in [2.75, 3.05) is 11.9 Å². The van der Waals surface area contributed by atoms with Gasteiger partial charge in [0.15, 0.2) is 11.6 Å². The van der Waals surface area contributed by atoms with E-state index >= 15 is 0 Å². The number of piperidine rings is 1. The Morgan fingerprint density at radius 2 is 2.00 bits per heavy atom. The SMILES string of the molecule is Cc1cnc2cc(O)c(-c3ncc(N(C)[C@H]4CC5CCC(N5)[C@H]4F)nn3)cc2n1. The largest absolute Gasteiger partial charge is 0.507 e. The molecular weight excluding hydrogens is 373 g/mol. The van der Waals surface area contributed by atoms with Gasteiger partial charge in [-0.25, -0.2) is 14.4 Å². The van der Waals surface area contributed by atoms with Crippen LogP contribution in [0.15, 0.2) is 24.5 Å². The monoisotopic (exact) mass is 395 g/mol. The van der Waals surface area contributed by atoms with Gasteiger partial charge in [-0.2, -0.15) is 0 Å². The van der Waals surface area contributed by atoms with E-state index in [9.17, 15) is 9.50 Å². The molecule has 0 amide bonds. The minimum atomic E-state index is -0.952. The highest BCUT2D eigenvalue weighted by atomic mass is 19.1. The van der Waals surface area contributed by atoms with Crippen LogP contribution in [0.5, 0.6) is 5.75 Å². The van der Waals surface area contributed by atoms with Crippen LogP contribution in [0.2, 0.25) is 0 Å². The fourth-order valence-corrected chi connectivity index (χ4v) is 4.39. The predicted molar refractivity (Wildman–Crippen MR) is 106 cm³/mol. The standard InChI is InChI=1S/C20H22FN7O/c1-10-8-22-14-7-17(29)12(6-15(14)24-10)20-23-9-18(26-27-20)28(2)16-5-11-3-4-13(25-11)19(16)21/h6-9,11,13,16,19,25,29H,3-5H2,1-2H3/t11?,13?,16-,19+/m0/s1. The third-order valence-electron chi connectivity index (χ3n) is 5.98. The van der Waals surface area contributed by atoms with E-state index in [2.05, 4.69) is 30.5 Å². The topological polar surface area (TPSA) is 100.0 Å². The zero-order valence-corrected chi connectivity index (χ0v) is 16.2. The number of aryl methyl sites for hydroxylation is 1. The minimum absolute atomic E-state index is 0.0114. The molecule has 2 N–H and O–H groups in total. The average Bonchev–Trinajstić information content (AvgIpc) is 3.14. The Balaban J connectivity index is 1.43. The molecule has 2 bridgehead atoms. The Hall–Kier alpha value is -2.94. The molecule has 1 aromatic carbocycles. The molecule has 0 radical (unpaired) electrons. The molecule has 0 spiro atoms. The second-order valence-electron chi connectivity index (χ2n) is 7.92. The number of alkyl halides is 1. The molecule has 29 heavy (non-hydrogen) atoms. The molecule has 9 heteroatoms. The summed E-state index contributed by atoms with van der Waals surface area (Å²) in [4.78, 5) is 14.9. The average molecular weight is 395 g/mol. The van der Waals surface area contributed by atoms with Crippen molar-refractivity contribution < 1.29 is 9.50 Å². The number of aromatic hydroxyl groups is 1. The van der Waals surface area contributed by atoms with Gasteiger partial charge in [0.05, 0.1) is 34.5 Å². The van der Waals surface area contributed by atoms with Crippen molar-refractivity contribution in [1.82, 2.24) is 30.5 Å². The summed E-state index contributed by atoms with van der Waals surface area (Å²) in [5.41, 5.74) is 2.45. The Bertz CT molecular complexity index is 1060. The molecule has 4 atom stereocenters.